The summed E-state index contributed by atoms with van der Waals surface area (Å²) < 4.78 is 56.7. The van der Waals surface area contributed by atoms with Crippen LogP contribution in [0.3, 0.4) is 0 Å². The molecule has 2 aromatic rings. The molecule has 1 aliphatic rings. The van der Waals surface area contributed by atoms with Crippen LogP contribution in [0.4, 0.5) is 17.6 Å². The van der Waals surface area contributed by atoms with Crippen LogP contribution >= 0.6 is 0 Å². The Bertz CT molecular complexity index is 649. The highest BCUT2D eigenvalue weighted by Crippen LogP contribution is 2.35. The average Bonchev–Trinajstić information content (AvgIpc) is 3.13. The highest BCUT2D eigenvalue weighted by Gasteiger charge is 2.35. The van der Waals surface area contributed by atoms with Gasteiger partial charge in [0, 0.05) is 6.04 Å². The van der Waals surface area contributed by atoms with Gasteiger partial charge in [-0.1, -0.05) is 11.2 Å². The fraction of sp³-hybridized carbons (Fsp3) is 0.385. The molecule has 3 rings (SSSR count). The maximum Gasteiger partial charge on any atom is 0.419 e. The number of hydrogen-bond acceptors (Lipinski definition) is 4. The number of alkyl halides is 3. The van der Waals surface area contributed by atoms with Crippen molar-refractivity contribution in [3.05, 3.63) is 35.4 Å². The smallest absolute Gasteiger partial charge is 0.334 e. The zero-order valence-electron chi connectivity index (χ0n) is 10.7. The summed E-state index contributed by atoms with van der Waals surface area (Å²) in [7, 11) is 0. The second kappa shape index (κ2) is 5.10. The van der Waals surface area contributed by atoms with Crippen molar-refractivity contribution in [1.82, 2.24) is 15.5 Å². The number of nitrogens with one attached hydrogen (secondary N) is 1. The van der Waals surface area contributed by atoms with Gasteiger partial charge < -0.3 is 9.84 Å². The number of rotatable bonds is 4. The van der Waals surface area contributed by atoms with Gasteiger partial charge in [0.25, 0.3) is 5.89 Å². The third-order valence-corrected chi connectivity index (χ3v) is 3.13. The number of nitrogens with zero attached hydrogens (tertiary/aromatic N) is 2. The molecule has 1 aromatic heterocycles. The Morgan fingerprint density at radius 1 is 1.29 bits per heavy atom. The SMILES string of the molecule is Fc1c(-c2nc(CNC3CC3)no2)cccc1C(F)(F)F. The van der Waals surface area contributed by atoms with Crippen molar-refractivity contribution in [2.24, 2.45) is 0 Å². The number of hydrogen-bond donors (Lipinski definition) is 1. The third kappa shape index (κ3) is 3.05. The molecule has 4 nitrogen and oxygen atoms in total. The molecule has 1 aliphatic carbocycles. The minimum atomic E-state index is -4.77. The van der Waals surface area contributed by atoms with Gasteiger partial charge in [0.1, 0.15) is 5.82 Å². The van der Waals surface area contributed by atoms with E-state index in [1.165, 1.54) is 6.07 Å². The van der Waals surface area contributed by atoms with E-state index in [0.717, 1.165) is 18.9 Å². The van der Waals surface area contributed by atoms with E-state index in [0.29, 0.717) is 18.7 Å². The summed E-state index contributed by atoms with van der Waals surface area (Å²) in [6.45, 7) is 0.342. The normalized spacial score (nSPS) is 15.4. The van der Waals surface area contributed by atoms with E-state index in [2.05, 4.69) is 15.5 Å². The van der Waals surface area contributed by atoms with E-state index in [1.54, 1.807) is 0 Å². The fourth-order valence-electron chi connectivity index (χ4n) is 1.87. The van der Waals surface area contributed by atoms with Crippen molar-refractivity contribution in [2.75, 3.05) is 0 Å². The zero-order valence-corrected chi connectivity index (χ0v) is 10.7. The standard InChI is InChI=1S/C13H11F4N3O/c14-11-8(2-1-3-9(11)13(15,16)17)12-19-10(20-21-12)6-18-7-4-5-7/h1-3,7,18H,4-6H2. The molecule has 0 spiro atoms. The average molecular weight is 301 g/mol. The maximum absolute atomic E-state index is 13.9. The first-order valence-corrected chi connectivity index (χ1v) is 6.37. The van der Waals surface area contributed by atoms with Gasteiger partial charge in [-0.05, 0) is 25.0 Å². The monoisotopic (exact) mass is 301 g/mol. The van der Waals surface area contributed by atoms with Crippen LogP contribution in [0.1, 0.15) is 24.2 Å². The highest BCUT2D eigenvalue weighted by atomic mass is 19.4. The van der Waals surface area contributed by atoms with Gasteiger partial charge in [-0.25, -0.2) is 4.39 Å². The number of halogens is 4. The second-order valence-electron chi connectivity index (χ2n) is 4.84. The van der Waals surface area contributed by atoms with Crippen molar-refractivity contribution in [2.45, 2.75) is 31.6 Å². The first-order valence-electron chi connectivity index (χ1n) is 6.37. The molecule has 1 heterocycles. The van der Waals surface area contributed by atoms with E-state index < -0.39 is 17.6 Å². The molecule has 0 amide bonds. The lowest BCUT2D eigenvalue weighted by Crippen LogP contribution is -2.16. The zero-order chi connectivity index (χ0) is 15.0. The molecule has 1 aromatic carbocycles. The quantitative estimate of drug-likeness (QED) is 0.881. The van der Waals surface area contributed by atoms with Crippen LogP contribution in [0, 0.1) is 5.82 Å². The van der Waals surface area contributed by atoms with Gasteiger partial charge in [0.05, 0.1) is 17.7 Å². The lowest BCUT2D eigenvalue weighted by molar-refractivity contribution is -0.139. The summed E-state index contributed by atoms with van der Waals surface area (Å²) >= 11 is 0. The highest BCUT2D eigenvalue weighted by molar-refractivity contribution is 5.55. The molecule has 0 atom stereocenters. The second-order valence-corrected chi connectivity index (χ2v) is 4.84. The molecule has 21 heavy (non-hydrogen) atoms. The van der Waals surface area contributed by atoms with Crippen molar-refractivity contribution >= 4 is 0 Å². The van der Waals surface area contributed by atoms with Crippen LogP contribution in [0.15, 0.2) is 22.7 Å². The van der Waals surface area contributed by atoms with E-state index in [4.69, 9.17) is 4.52 Å². The summed E-state index contributed by atoms with van der Waals surface area (Å²) in [6, 6.07) is 3.38. The van der Waals surface area contributed by atoms with Crippen molar-refractivity contribution in [3.63, 3.8) is 0 Å². The summed E-state index contributed by atoms with van der Waals surface area (Å²) in [5.41, 5.74) is -1.70. The molecule has 0 aliphatic heterocycles. The minimum Gasteiger partial charge on any atom is -0.334 e. The first-order chi connectivity index (χ1) is 9.95. The van der Waals surface area contributed by atoms with Gasteiger partial charge in [-0.15, -0.1) is 0 Å². The fourth-order valence-corrected chi connectivity index (χ4v) is 1.87. The Kier molecular flexibility index (Phi) is 3.40. The number of aromatic nitrogens is 2. The molecule has 0 bridgehead atoms. The van der Waals surface area contributed by atoms with E-state index in [1.807, 2.05) is 0 Å². The van der Waals surface area contributed by atoms with Crippen molar-refractivity contribution in [3.8, 4) is 11.5 Å². The van der Waals surface area contributed by atoms with Gasteiger partial charge in [0.15, 0.2) is 5.82 Å². The van der Waals surface area contributed by atoms with Crippen LogP contribution < -0.4 is 5.32 Å². The van der Waals surface area contributed by atoms with Gasteiger partial charge in [0.2, 0.25) is 0 Å². The topological polar surface area (TPSA) is 51.0 Å². The molecule has 112 valence electrons. The molecule has 8 heteroatoms. The van der Waals surface area contributed by atoms with E-state index >= 15 is 0 Å². The molecule has 0 unspecified atom stereocenters. The largest absolute Gasteiger partial charge is 0.419 e. The molecule has 1 fully saturated rings. The Labute approximate surface area is 117 Å². The van der Waals surface area contributed by atoms with Crippen LogP contribution in [0.5, 0.6) is 0 Å². The Hall–Kier alpha value is -1.96. The van der Waals surface area contributed by atoms with Gasteiger partial charge in [-0.2, -0.15) is 18.2 Å². The maximum atomic E-state index is 13.9. The van der Waals surface area contributed by atoms with Crippen LogP contribution in [-0.2, 0) is 12.7 Å². The lowest BCUT2D eigenvalue weighted by Gasteiger charge is -2.08. The van der Waals surface area contributed by atoms with Crippen LogP contribution in [-0.4, -0.2) is 16.2 Å². The predicted molar refractivity (Wildman–Crippen MR) is 64.6 cm³/mol. The Balaban J connectivity index is 1.86. The molecule has 1 saturated carbocycles. The molecule has 0 radical (unpaired) electrons. The first kappa shape index (κ1) is 14.0. The molecular formula is C13H11F4N3O. The molecular weight excluding hydrogens is 290 g/mol. The van der Waals surface area contributed by atoms with E-state index in [9.17, 15) is 17.6 Å². The van der Waals surface area contributed by atoms with Gasteiger partial charge >= 0.3 is 6.18 Å². The van der Waals surface area contributed by atoms with E-state index in [-0.39, 0.29) is 17.3 Å². The summed E-state index contributed by atoms with van der Waals surface area (Å²) in [4.78, 5) is 3.92. The van der Waals surface area contributed by atoms with Crippen LogP contribution in [0.25, 0.3) is 11.5 Å². The molecule has 1 N–H and O–H groups in total. The van der Waals surface area contributed by atoms with Crippen LogP contribution in [0.2, 0.25) is 0 Å². The Morgan fingerprint density at radius 2 is 2.05 bits per heavy atom. The summed E-state index contributed by atoms with van der Waals surface area (Å²) in [5.74, 6) is -1.38. The number of benzene rings is 1. The predicted octanol–water partition coefficient (Wildman–Crippen LogP) is 3.15. The third-order valence-electron chi connectivity index (χ3n) is 3.13. The van der Waals surface area contributed by atoms with Crippen molar-refractivity contribution in [1.29, 1.82) is 0 Å². The minimum absolute atomic E-state index is 0.258. The summed E-state index contributed by atoms with van der Waals surface area (Å²) in [5, 5.41) is 6.76. The van der Waals surface area contributed by atoms with Crippen molar-refractivity contribution < 1.29 is 22.1 Å². The Morgan fingerprint density at radius 3 is 2.71 bits per heavy atom. The lowest BCUT2D eigenvalue weighted by atomic mass is 10.1. The van der Waals surface area contributed by atoms with Gasteiger partial charge in [-0.3, -0.25) is 0 Å². The molecule has 0 saturated heterocycles. The summed E-state index contributed by atoms with van der Waals surface area (Å²) in [6.07, 6.45) is -2.61.